The van der Waals surface area contributed by atoms with Gasteiger partial charge in [-0.05, 0) is 25.0 Å². The van der Waals surface area contributed by atoms with E-state index in [0.29, 0.717) is 12.0 Å². The first-order valence-corrected chi connectivity index (χ1v) is 5.87. The van der Waals surface area contributed by atoms with Gasteiger partial charge in [0.05, 0.1) is 6.54 Å². The molecular formula is C14H19NO. The van der Waals surface area contributed by atoms with E-state index in [2.05, 4.69) is 38.2 Å². The number of hydrogen-bond acceptors (Lipinski definition) is 2. The van der Waals surface area contributed by atoms with Gasteiger partial charge in [-0.25, -0.2) is 0 Å². The molecule has 0 saturated carbocycles. The van der Waals surface area contributed by atoms with E-state index in [9.17, 15) is 0 Å². The number of benzene rings is 1. The minimum Gasteiger partial charge on any atom is -0.460 e. The largest absolute Gasteiger partial charge is 0.460 e. The van der Waals surface area contributed by atoms with E-state index >= 15 is 0 Å². The van der Waals surface area contributed by atoms with E-state index in [1.165, 1.54) is 5.39 Å². The van der Waals surface area contributed by atoms with Crippen LogP contribution >= 0.6 is 0 Å². The highest BCUT2D eigenvalue weighted by atomic mass is 16.3. The minimum absolute atomic E-state index is 0.508. The van der Waals surface area contributed by atoms with Gasteiger partial charge in [-0.3, -0.25) is 0 Å². The lowest BCUT2D eigenvalue weighted by Crippen LogP contribution is -2.29. The van der Waals surface area contributed by atoms with Gasteiger partial charge in [0.2, 0.25) is 0 Å². The standard InChI is InChI=1S/C14H19NO/c1-10(2)11(3)15-9-13-8-12-6-4-5-7-14(12)16-13/h4-8,10-11,15H,9H2,1-3H3. The molecule has 0 spiro atoms. The van der Waals surface area contributed by atoms with Gasteiger partial charge >= 0.3 is 0 Å². The average molecular weight is 217 g/mol. The molecule has 0 aliphatic rings. The van der Waals surface area contributed by atoms with E-state index in [0.717, 1.165) is 17.9 Å². The maximum absolute atomic E-state index is 5.74. The van der Waals surface area contributed by atoms with Crippen LogP contribution < -0.4 is 5.32 Å². The maximum atomic E-state index is 5.74. The number of rotatable bonds is 4. The van der Waals surface area contributed by atoms with Crippen LogP contribution in [0.3, 0.4) is 0 Å². The third-order valence-corrected chi connectivity index (χ3v) is 3.07. The van der Waals surface area contributed by atoms with Crippen molar-refractivity contribution in [1.82, 2.24) is 5.32 Å². The predicted molar refractivity (Wildman–Crippen MR) is 67.4 cm³/mol. The van der Waals surface area contributed by atoms with E-state index < -0.39 is 0 Å². The molecule has 86 valence electrons. The second-order valence-electron chi connectivity index (χ2n) is 4.66. The zero-order valence-corrected chi connectivity index (χ0v) is 10.2. The van der Waals surface area contributed by atoms with Crippen molar-refractivity contribution in [3.8, 4) is 0 Å². The van der Waals surface area contributed by atoms with Crippen molar-refractivity contribution in [3.63, 3.8) is 0 Å². The topological polar surface area (TPSA) is 25.2 Å². The van der Waals surface area contributed by atoms with Gasteiger partial charge in [0.15, 0.2) is 0 Å². The van der Waals surface area contributed by atoms with Crippen molar-refractivity contribution in [2.75, 3.05) is 0 Å². The molecule has 2 nitrogen and oxygen atoms in total. The molecule has 0 aliphatic heterocycles. The predicted octanol–water partition coefficient (Wildman–Crippen LogP) is 3.57. The summed E-state index contributed by atoms with van der Waals surface area (Å²) in [6, 6.07) is 10.7. The highest BCUT2D eigenvalue weighted by Crippen LogP contribution is 2.18. The summed E-state index contributed by atoms with van der Waals surface area (Å²) in [6.07, 6.45) is 0. The molecule has 2 heteroatoms. The molecule has 0 fully saturated rings. The molecule has 1 N–H and O–H groups in total. The minimum atomic E-state index is 0.508. The summed E-state index contributed by atoms with van der Waals surface area (Å²) in [4.78, 5) is 0. The quantitative estimate of drug-likeness (QED) is 0.847. The van der Waals surface area contributed by atoms with Crippen molar-refractivity contribution in [1.29, 1.82) is 0 Å². The summed E-state index contributed by atoms with van der Waals surface area (Å²) >= 11 is 0. The Bertz CT molecular complexity index is 425. The number of fused-ring (bicyclic) bond motifs is 1. The molecule has 0 bridgehead atoms. The normalized spacial score (nSPS) is 13.5. The number of furan rings is 1. The van der Waals surface area contributed by atoms with Gasteiger partial charge in [-0.2, -0.15) is 0 Å². The maximum Gasteiger partial charge on any atom is 0.134 e. The Morgan fingerprint density at radius 2 is 1.94 bits per heavy atom. The van der Waals surface area contributed by atoms with Crippen molar-refractivity contribution in [2.24, 2.45) is 5.92 Å². The molecule has 0 radical (unpaired) electrons. The van der Waals surface area contributed by atoms with Gasteiger partial charge < -0.3 is 9.73 Å². The Morgan fingerprint density at radius 1 is 1.19 bits per heavy atom. The van der Waals surface area contributed by atoms with Crippen LogP contribution in [-0.4, -0.2) is 6.04 Å². The van der Waals surface area contributed by atoms with Gasteiger partial charge in [-0.1, -0.05) is 32.0 Å². The molecular weight excluding hydrogens is 198 g/mol. The number of para-hydroxylation sites is 1. The lowest BCUT2D eigenvalue weighted by atomic mass is 10.1. The van der Waals surface area contributed by atoms with Gasteiger partial charge in [0.25, 0.3) is 0 Å². The zero-order valence-electron chi connectivity index (χ0n) is 10.2. The second-order valence-corrected chi connectivity index (χ2v) is 4.66. The fourth-order valence-corrected chi connectivity index (χ4v) is 1.62. The van der Waals surface area contributed by atoms with Crippen LogP contribution in [0, 0.1) is 5.92 Å². The van der Waals surface area contributed by atoms with Crippen LogP contribution in [-0.2, 0) is 6.54 Å². The Kier molecular flexibility index (Phi) is 3.30. The summed E-state index contributed by atoms with van der Waals surface area (Å²) in [5.41, 5.74) is 0.969. The molecule has 1 heterocycles. The van der Waals surface area contributed by atoms with Crippen LogP contribution in [0.1, 0.15) is 26.5 Å². The van der Waals surface area contributed by atoms with E-state index in [1.54, 1.807) is 0 Å². The van der Waals surface area contributed by atoms with E-state index in [4.69, 9.17) is 4.42 Å². The summed E-state index contributed by atoms with van der Waals surface area (Å²) < 4.78 is 5.74. The third-order valence-electron chi connectivity index (χ3n) is 3.07. The molecule has 1 atom stereocenters. The summed E-state index contributed by atoms with van der Waals surface area (Å²) in [5, 5.41) is 4.64. The molecule has 0 saturated heterocycles. The second kappa shape index (κ2) is 4.71. The molecule has 1 unspecified atom stereocenters. The van der Waals surface area contributed by atoms with E-state index in [1.807, 2.05) is 18.2 Å². The summed E-state index contributed by atoms with van der Waals surface area (Å²) in [7, 11) is 0. The van der Waals surface area contributed by atoms with Crippen molar-refractivity contribution >= 4 is 11.0 Å². The molecule has 1 aromatic carbocycles. The van der Waals surface area contributed by atoms with Gasteiger partial charge in [0.1, 0.15) is 11.3 Å². The highest BCUT2D eigenvalue weighted by Gasteiger charge is 2.08. The third kappa shape index (κ3) is 2.45. The van der Waals surface area contributed by atoms with Crippen LogP contribution in [0.25, 0.3) is 11.0 Å². The summed E-state index contributed by atoms with van der Waals surface area (Å²) in [6.45, 7) is 7.44. The average Bonchev–Trinajstić information content (AvgIpc) is 2.68. The zero-order chi connectivity index (χ0) is 11.5. The van der Waals surface area contributed by atoms with E-state index in [-0.39, 0.29) is 0 Å². The smallest absolute Gasteiger partial charge is 0.134 e. The first kappa shape index (κ1) is 11.2. The summed E-state index contributed by atoms with van der Waals surface area (Å²) in [5.74, 6) is 1.65. The Labute approximate surface area is 96.6 Å². The number of hydrogen-bond donors (Lipinski definition) is 1. The Morgan fingerprint density at radius 3 is 2.62 bits per heavy atom. The molecule has 16 heavy (non-hydrogen) atoms. The van der Waals surface area contributed by atoms with Gasteiger partial charge in [-0.15, -0.1) is 0 Å². The van der Waals surface area contributed by atoms with Crippen molar-refractivity contribution < 1.29 is 4.42 Å². The lowest BCUT2D eigenvalue weighted by Gasteiger charge is -2.16. The van der Waals surface area contributed by atoms with Crippen LogP contribution in [0.5, 0.6) is 0 Å². The molecule has 0 aliphatic carbocycles. The highest BCUT2D eigenvalue weighted by molar-refractivity contribution is 5.77. The fourth-order valence-electron chi connectivity index (χ4n) is 1.62. The molecule has 2 rings (SSSR count). The Hall–Kier alpha value is -1.28. The first-order chi connectivity index (χ1) is 7.66. The Balaban J connectivity index is 2.05. The number of nitrogens with one attached hydrogen (secondary N) is 1. The van der Waals surface area contributed by atoms with Gasteiger partial charge in [0, 0.05) is 11.4 Å². The molecule has 0 amide bonds. The lowest BCUT2D eigenvalue weighted by molar-refractivity contribution is 0.402. The van der Waals surface area contributed by atoms with Crippen molar-refractivity contribution in [3.05, 3.63) is 36.1 Å². The van der Waals surface area contributed by atoms with Crippen molar-refractivity contribution in [2.45, 2.75) is 33.4 Å². The fraction of sp³-hybridized carbons (Fsp3) is 0.429. The van der Waals surface area contributed by atoms with Crippen LogP contribution in [0.2, 0.25) is 0 Å². The van der Waals surface area contributed by atoms with Crippen LogP contribution in [0.15, 0.2) is 34.7 Å². The molecule has 2 aromatic rings. The first-order valence-electron chi connectivity index (χ1n) is 5.87. The SMILES string of the molecule is CC(C)C(C)NCc1cc2ccccc2o1. The molecule has 1 aromatic heterocycles. The monoisotopic (exact) mass is 217 g/mol. The van der Waals surface area contributed by atoms with Crippen LogP contribution in [0.4, 0.5) is 0 Å².